The standard InChI is InChI=1S/C40H30NO7P/c1-3-13-26(14-4-1)38-41-35-37(36-32(43-40(35)45-38)23-42-39(44-36)27-15-5-2-6-16-27)48-49-46-30-21-19-24-11-7-9-17-28(24)33(30)34-29-18-10-8-12-25(29)20-22-31(34)47-49/h1-22,32,35-37,39-40H,23H2. The van der Waals surface area contributed by atoms with E-state index in [1.54, 1.807) is 0 Å². The summed E-state index contributed by atoms with van der Waals surface area (Å²) in [6.07, 6.45) is -2.95. The zero-order valence-corrected chi connectivity index (χ0v) is 27.0. The molecule has 0 radical (unpaired) electrons. The predicted octanol–water partition coefficient (Wildman–Crippen LogP) is 9.08. The maximum Gasteiger partial charge on any atom is 0.387 e. The minimum absolute atomic E-state index is 0.292. The van der Waals surface area contributed by atoms with E-state index in [0.717, 1.165) is 43.4 Å². The van der Waals surface area contributed by atoms with E-state index in [1.807, 2.05) is 84.9 Å². The van der Waals surface area contributed by atoms with Crippen molar-refractivity contribution in [3.05, 3.63) is 145 Å². The van der Waals surface area contributed by atoms with Gasteiger partial charge in [0.2, 0.25) is 12.2 Å². The smallest absolute Gasteiger partial charge is 0.387 e. The highest BCUT2D eigenvalue weighted by Crippen LogP contribution is 2.44. The second-order valence-electron chi connectivity index (χ2n) is 12.4. The highest BCUT2D eigenvalue weighted by molar-refractivity contribution is 7.31. The van der Waals surface area contributed by atoms with E-state index in [4.69, 9.17) is 36.9 Å². The number of hydrogen-bond acceptors (Lipinski definition) is 8. The van der Waals surface area contributed by atoms with Crippen LogP contribution in [0, 0.1) is 0 Å². The van der Waals surface area contributed by atoms with Gasteiger partial charge in [-0.3, -0.25) is 4.52 Å². The van der Waals surface area contributed by atoms with E-state index in [2.05, 4.69) is 48.5 Å². The van der Waals surface area contributed by atoms with Gasteiger partial charge in [-0.05, 0) is 45.8 Å². The number of ether oxygens (including phenoxy) is 4. The molecule has 0 amide bonds. The van der Waals surface area contributed by atoms with Gasteiger partial charge in [0.15, 0.2) is 6.29 Å². The summed E-state index contributed by atoms with van der Waals surface area (Å²) in [4.78, 5) is 5.03. The fraction of sp³-hybridized carbons (Fsp3) is 0.175. The molecule has 4 heterocycles. The predicted molar refractivity (Wildman–Crippen MR) is 188 cm³/mol. The molecule has 9 heteroatoms. The number of aliphatic imine (C=N–C) groups is 1. The lowest BCUT2D eigenvalue weighted by molar-refractivity contribution is -0.324. The van der Waals surface area contributed by atoms with Crippen LogP contribution in [0.4, 0.5) is 0 Å². The minimum Gasteiger partial charge on any atom is -0.445 e. The number of hydrogen-bond donors (Lipinski definition) is 0. The first-order valence-corrected chi connectivity index (χ1v) is 17.5. The lowest BCUT2D eigenvalue weighted by Crippen LogP contribution is -2.62. The van der Waals surface area contributed by atoms with Crippen LogP contribution < -0.4 is 4.52 Å². The highest BCUT2D eigenvalue weighted by atomic mass is 31.1. The Labute approximate surface area is 282 Å². The van der Waals surface area contributed by atoms with Crippen LogP contribution in [0.3, 0.4) is 0 Å². The Hall–Kier alpha value is -4.95. The van der Waals surface area contributed by atoms with Crippen LogP contribution >= 0.6 is 8.24 Å². The first-order valence-electron chi connectivity index (χ1n) is 16.4. The molecule has 242 valence electrons. The van der Waals surface area contributed by atoms with Crippen LogP contribution in [0.15, 0.2) is 147 Å². The zero-order valence-electron chi connectivity index (χ0n) is 26.1. The molecule has 49 heavy (non-hydrogen) atoms. The van der Waals surface area contributed by atoms with Crippen molar-refractivity contribution >= 4 is 57.6 Å². The van der Waals surface area contributed by atoms with Crippen molar-refractivity contribution in [1.82, 2.24) is 0 Å². The molecular formula is C40H30NO7P. The molecule has 0 bridgehead atoms. The summed E-state index contributed by atoms with van der Waals surface area (Å²) in [6, 6.07) is 44.0. The average Bonchev–Trinajstić information content (AvgIpc) is 3.52. The third-order valence-electron chi connectivity index (χ3n) is 9.48. The molecule has 1 aromatic heterocycles. The summed E-state index contributed by atoms with van der Waals surface area (Å²) in [5, 5.41) is 6.31. The van der Waals surface area contributed by atoms with E-state index in [9.17, 15) is 0 Å². The number of benzene rings is 6. The van der Waals surface area contributed by atoms with Crippen molar-refractivity contribution in [1.29, 1.82) is 0 Å². The van der Waals surface area contributed by atoms with E-state index in [-0.39, 0.29) is 0 Å². The molecule has 2 fully saturated rings. The van der Waals surface area contributed by atoms with Gasteiger partial charge in [-0.25, -0.2) is 4.99 Å². The van der Waals surface area contributed by atoms with Crippen LogP contribution in [0.2, 0.25) is 0 Å². The summed E-state index contributed by atoms with van der Waals surface area (Å²) < 4.78 is 46.1. The molecular weight excluding hydrogens is 637 g/mol. The third kappa shape index (κ3) is 5.03. The Balaban J connectivity index is 1.15. The summed E-state index contributed by atoms with van der Waals surface area (Å²) in [5.41, 5.74) is 3.14. The lowest BCUT2D eigenvalue weighted by Gasteiger charge is -2.45. The number of nitrogens with zero attached hydrogens (tertiary/aromatic N) is 1. The van der Waals surface area contributed by atoms with E-state index in [1.165, 1.54) is 0 Å². The Kier molecular flexibility index (Phi) is 7.03. The van der Waals surface area contributed by atoms with Gasteiger partial charge in [0, 0.05) is 21.9 Å². The Morgan fingerprint density at radius 1 is 0.633 bits per heavy atom. The summed E-state index contributed by atoms with van der Waals surface area (Å²) in [5.74, 6) is 0.493. The normalized spacial score (nSPS) is 24.8. The maximum absolute atomic E-state index is 6.97. The number of fused-ring (bicyclic) bond motifs is 9. The van der Waals surface area contributed by atoms with E-state index in [0.29, 0.717) is 23.7 Å². The second-order valence-corrected chi connectivity index (χ2v) is 13.4. The van der Waals surface area contributed by atoms with Crippen LogP contribution in [0.25, 0.3) is 43.5 Å². The number of rotatable bonds is 4. The van der Waals surface area contributed by atoms with Crippen molar-refractivity contribution in [2.75, 3.05) is 6.61 Å². The first-order chi connectivity index (χ1) is 24.3. The zero-order chi connectivity index (χ0) is 32.3. The average molecular weight is 668 g/mol. The summed E-state index contributed by atoms with van der Waals surface area (Å²) >= 11 is 0. The van der Waals surface area contributed by atoms with Crippen molar-refractivity contribution in [3.63, 3.8) is 0 Å². The molecule has 0 saturated carbocycles. The Morgan fingerprint density at radius 3 is 1.92 bits per heavy atom. The third-order valence-corrected chi connectivity index (χ3v) is 10.6. The van der Waals surface area contributed by atoms with E-state index >= 15 is 0 Å². The molecule has 8 nitrogen and oxygen atoms in total. The fourth-order valence-electron chi connectivity index (χ4n) is 7.19. The molecule has 3 aliphatic rings. The minimum atomic E-state index is -2.00. The Morgan fingerprint density at radius 2 is 1.24 bits per heavy atom. The van der Waals surface area contributed by atoms with E-state index < -0.39 is 45.2 Å². The van der Waals surface area contributed by atoms with Crippen LogP contribution in [-0.4, -0.2) is 43.1 Å². The molecule has 0 N–H and O–H groups in total. The van der Waals surface area contributed by atoms with Crippen LogP contribution in [-0.2, 0) is 18.9 Å². The SMILES string of the molecule is c1ccc(C2=NC3C(O2)OC2COC(c4ccccc4)OC2C3Op2oc3ccc4ccccc4c3c3c(ccc4ccccc43)o2)cc1. The van der Waals surface area contributed by atoms with Gasteiger partial charge in [0.05, 0.1) is 6.61 Å². The van der Waals surface area contributed by atoms with Crippen molar-refractivity contribution < 1.29 is 31.9 Å². The van der Waals surface area contributed by atoms with Crippen LogP contribution in [0.5, 0.6) is 0 Å². The van der Waals surface area contributed by atoms with Crippen molar-refractivity contribution in [2.45, 2.75) is 36.9 Å². The Bertz CT molecular complexity index is 2320. The second kappa shape index (κ2) is 11.9. The van der Waals surface area contributed by atoms with Gasteiger partial charge in [-0.1, -0.05) is 109 Å². The molecule has 10 rings (SSSR count). The molecule has 0 spiro atoms. The van der Waals surface area contributed by atoms with Crippen LogP contribution in [0.1, 0.15) is 17.4 Å². The summed E-state index contributed by atoms with van der Waals surface area (Å²) in [6.45, 7) is 0.292. The quantitative estimate of drug-likeness (QED) is 0.185. The monoisotopic (exact) mass is 667 g/mol. The molecule has 2 saturated heterocycles. The molecule has 6 aromatic carbocycles. The fourth-order valence-corrected chi connectivity index (χ4v) is 8.38. The van der Waals surface area contributed by atoms with Gasteiger partial charge in [0.1, 0.15) is 35.5 Å². The van der Waals surface area contributed by atoms with Crippen molar-refractivity contribution in [3.8, 4) is 0 Å². The maximum atomic E-state index is 6.97. The molecule has 3 aliphatic heterocycles. The van der Waals surface area contributed by atoms with Gasteiger partial charge in [-0.2, -0.15) is 0 Å². The largest absolute Gasteiger partial charge is 0.445 e. The van der Waals surface area contributed by atoms with Gasteiger partial charge < -0.3 is 27.3 Å². The molecule has 7 aromatic rings. The molecule has 6 unspecified atom stereocenters. The summed E-state index contributed by atoms with van der Waals surface area (Å²) in [7, 11) is -2.00. The van der Waals surface area contributed by atoms with Gasteiger partial charge in [-0.15, -0.1) is 0 Å². The topological polar surface area (TPSA) is 84.8 Å². The van der Waals surface area contributed by atoms with Gasteiger partial charge in [0.25, 0.3) is 0 Å². The first kappa shape index (κ1) is 29.0. The van der Waals surface area contributed by atoms with Crippen molar-refractivity contribution in [2.24, 2.45) is 4.99 Å². The lowest BCUT2D eigenvalue weighted by atomic mass is 9.96. The molecule has 6 atom stereocenters. The van der Waals surface area contributed by atoms with Gasteiger partial charge >= 0.3 is 8.24 Å². The highest BCUT2D eigenvalue weighted by Gasteiger charge is 2.55. The molecule has 0 aliphatic carbocycles.